The van der Waals surface area contributed by atoms with Crippen LogP contribution in [-0.2, 0) is 9.47 Å². The van der Waals surface area contributed by atoms with E-state index in [9.17, 15) is 5.11 Å². The Kier molecular flexibility index (Phi) is 4.71. The molecule has 1 aliphatic heterocycles. The molecule has 4 heteroatoms. The number of rotatable bonds is 4. The molecule has 0 unspecified atom stereocenters. The van der Waals surface area contributed by atoms with E-state index < -0.39 is 0 Å². The van der Waals surface area contributed by atoms with Gasteiger partial charge in [-0.15, -0.1) is 0 Å². The van der Waals surface area contributed by atoms with Crippen LogP contribution < -0.4 is 0 Å². The predicted octanol–water partition coefficient (Wildman–Crippen LogP) is 3.32. The zero-order valence-corrected chi connectivity index (χ0v) is 13.6. The molecule has 1 aliphatic carbocycles. The molecule has 0 bridgehead atoms. The molecule has 1 aromatic carbocycles. The molecule has 1 heterocycles. The maximum atomic E-state index is 9.64. The molecule has 0 radical (unpaired) electrons. The van der Waals surface area contributed by atoms with Crippen molar-refractivity contribution in [3.63, 3.8) is 0 Å². The number of aromatic hydroxyl groups is 1. The normalized spacial score (nSPS) is 23.2. The Balaban J connectivity index is 1.52. The monoisotopic (exact) mass is 305 g/mol. The van der Waals surface area contributed by atoms with Gasteiger partial charge in [-0.1, -0.05) is 12.1 Å². The Labute approximate surface area is 133 Å². The van der Waals surface area contributed by atoms with E-state index in [0.717, 1.165) is 51.0 Å². The van der Waals surface area contributed by atoms with Crippen molar-refractivity contribution in [2.45, 2.75) is 44.4 Å². The van der Waals surface area contributed by atoms with E-state index in [1.54, 1.807) is 6.07 Å². The van der Waals surface area contributed by atoms with Gasteiger partial charge in [0, 0.05) is 25.4 Å². The van der Waals surface area contributed by atoms with E-state index in [1.807, 2.05) is 12.1 Å². The first kappa shape index (κ1) is 15.8. The van der Waals surface area contributed by atoms with Crippen molar-refractivity contribution in [3.05, 3.63) is 29.8 Å². The number of ether oxygens (including phenoxy) is 2. The molecule has 22 heavy (non-hydrogen) atoms. The number of phenols is 1. The van der Waals surface area contributed by atoms with E-state index in [-0.39, 0.29) is 5.79 Å². The van der Waals surface area contributed by atoms with Crippen LogP contribution >= 0.6 is 0 Å². The standard InChI is InChI=1S/C18H27NO3/c1-14(16-4-3-5-17(20)12-16)19(2)13-15-6-8-18(9-7-15)21-10-11-22-18/h3-5,12,14-15,20H,6-11,13H2,1-2H3/t14-/m0/s1. The first-order valence-electron chi connectivity index (χ1n) is 8.35. The molecule has 2 fully saturated rings. The Morgan fingerprint density at radius 3 is 2.59 bits per heavy atom. The number of nitrogens with zero attached hydrogens (tertiary/aromatic N) is 1. The van der Waals surface area contributed by atoms with Crippen LogP contribution in [0.1, 0.15) is 44.2 Å². The van der Waals surface area contributed by atoms with Crippen molar-refractivity contribution in [1.29, 1.82) is 0 Å². The molecule has 2 aliphatic rings. The summed E-state index contributed by atoms with van der Waals surface area (Å²) in [7, 11) is 2.17. The van der Waals surface area contributed by atoms with E-state index in [2.05, 4.69) is 24.9 Å². The summed E-state index contributed by atoms with van der Waals surface area (Å²) in [5.74, 6) is 0.780. The molecule has 1 aromatic rings. The lowest BCUT2D eigenvalue weighted by Crippen LogP contribution is -2.38. The molecule has 1 N–H and O–H groups in total. The maximum Gasteiger partial charge on any atom is 0.168 e. The summed E-state index contributed by atoms with van der Waals surface area (Å²) < 4.78 is 11.6. The van der Waals surface area contributed by atoms with Gasteiger partial charge in [0.2, 0.25) is 0 Å². The van der Waals surface area contributed by atoms with Crippen molar-refractivity contribution in [3.8, 4) is 5.75 Å². The van der Waals surface area contributed by atoms with Gasteiger partial charge in [-0.05, 0) is 50.4 Å². The second-order valence-electron chi connectivity index (χ2n) is 6.76. The van der Waals surface area contributed by atoms with Crippen molar-refractivity contribution >= 4 is 0 Å². The third-order valence-corrected chi connectivity index (χ3v) is 5.24. The van der Waals surface area contributed by atoms with Gasteiger partial charge in [-0.3, -0.25) is 4.90 Å². The summed E-state index contributed by atoms with van der Waals surface area (Å²) in [5, 5.41) is 9.64. The van der Waals surface area contributed by atoms with Crippen molar-refractivity contribution in [2.75, 3.05) is 26.8 Å². The molecule has 1 atom stereocenters. The molecule has 0 aromatic heterocycles. The lowest BCUT2D eigenvalue weighted by Gasteiger charge is -2.37. The average molecular weight is 305 g/mol. The highest BCUT2D eigenvalue weighted by Crippen LogP contribution is 2.39. The largest absolute Gasteiger partial charge is 0.508 e. The number of phenolic OH excluding ortho intramolecular Hbond substituents is 1. The first-order valence-corrected chi connectivity index (χ1v) is 8.35. The Morgan fingerprint density at radius 2 is 1.95 bits per heavy atom. The van der Waals surface area contributed by atoms with Crippen LogP contribution in [0, 0.1) is 5.92 Å². The van der Waals surface area contributed by atoms with Gasteiger partial charge in [0.25, 0.3) is 0 Å². The lowest BCUT2D eigenvalue weighted by molar-refractivity contribution is -0.183. The minimum Gasteiger partial charge on any atom is -0.508 e. The molecule has 1 spiro atoms. The SMILES string of the molecule is C[C@@H](c1cccc(O)c1)N(C)CC1CCC2(CC1)OCCO2. The van der Waals surface area contributed by atoms with Crippen LogP contribution in [0.3, 0.4) is 0 Å². The van der Waals surface area contributed by atoms with E-state index in [4.69, 9.17) is 9.47 Å². The second kappa shape index (κ2) is 6.57. The molecule has 4 nitrogen and oxygen atoms in total. The Morgan fingerprint density at radius 1 is 1.27 bits per heavy atom. The van der Waals surface area contributed by atoms with Crippen LogP contribution in [0.2, 0.25) is 0 Å². The van der Waals surface area contributed by atoms with Gasteiger partial charge in [0.05, 0.1) is 13.2 Å². The van der Waals surface area contributed by atoms with Gasteiger partial charge in [0.1, 0.15) is 5.75 Å². The molecule has 3 rings (SSSR count). The van der Waals surface area contributed by atoms with Crippen LogP contribution in [0.25, 0.3) is 0 Å². The topological polar surface area (TPSA) is 41.9 Å². The van der Waals surface area contributed by atoms with Crippen molar-refractivity contribution < 1.29 is 14.6 Å². The molecular formula is C18H27NO3. The van der Waals surface area contributed by atoms with Crippen LogP contribution in [0.4, 0.5) is 0 Å². The summed E-state index contributed by atoms with van der Waals surface area (Å²) in [5.41, 5.74) is 1.16. The quantitative estimate of drug-likeness (QED) is 0.926. The van der Waals surface area contributed by atoms with Gasteiger partial charge < -0.3 is 14.6 Å². The highest BCUT2D eigenvalue weighted by atomic mass is 16.7. The van der Waals surface area contributed by atoms with E-state index in [0.29, 0.717) is 17.7 Å². The van der Waals surface area contributed by atoms with Crippen LogP contribution in [0.5, 0.6) is 5.75 Å². The van der Waals surface area contributed by atoms with Crippen LogP contribution in [-0.4, -0.2) is 42.6 Å². The van der Waals surface area contributed by atoms with Crippen molar-refractivity contribution in [2.24, 2.45) is 5.92 Å². The number of hydrogen-bond acceptors (Lipinski definition) is 4. The fraction of sp³-hybridized carbons (Fsp3) is 0.667. The van der Waals surface area contributed by atoms with Gasteiger partial charge in [-0.2, -0.15) is 0 Å². The minimum absolute atomic E-state index is 0.258. The van der Waals surface area contributed by atoms with Gasteiger partial charge in [0.15, 0.2) is 5.79 Å². The number of benzene rings is 1. The summed E-state index contributed by atoms with van der Waals surface area (Å²) in [4.78, 5) is 2.38. The first-order chi connectivity index (χ1) is 10.6. The smallest absolute Gasteiger partial charge is 0.168 e. The molecule has 0 amide bonds. The third-order valence-electron chi connectivity index (χ3n) is 5.24. The van der Waals surface area contributed by atoms with Crippen LogP contribution in [0.15, 0.2) is 24.3 Å². The summed E-state index contributed by atoms with van der Waals surface area (Å²) >= 11 is 0. The fourth-order valence-electron chi connectivity index (χ4n) is 3.69. The zero-order valence-electron chi connectivity index (χ0n) is 13.6. The lowest BCUT2D eigenvalue weighted by atomic mass is 9.84. The van der Waals surface area contributed by atoms with Gasteiger partial charge >= 0.3 is 0 Å². The highest BCUT2D eigenvalue weighted by Gasteiger charge is 2.40. The zero-order chi connectivity index (χ0) is 15.6. The van der Waals surface area contributed by atoms with Gasteiger partial charge in [-0.25, -0.2) is 0 Å². The molecule has 1 saturated carbocycles. The Bertz CT molecular complexity index is 489. The summed E-state index contributed by atoms with van der Waals surface area (Å²) in [6, 6.07) is 7.88. The maximum absolute atomic E-state index is 9.64. The Hall–Kier alpha value is -1.10. The number of hydrogen-bond donors (Lipinski definition) is 1. The van der Waals surface area contributed by atoms with E-state index in [1.165, 1.54) is 0 Å². The molecule has 122 valence electrons. The van der Waals surface area contributed by atoms with Crippen molar-refractivity contribution in [1.82, 2.24) is 4.90 Å². The fourth-order valence-corrected chi connectivity index (χ4v) is 3.69. The summed E-state index contributed by atoms with van der Waals surface area (Å²) in [6.07, 6.45) is 4.37. The van der Waals surface area contributed by atoms with E-state index >= 15 is 0 Å². The minimum atomic E-state index is -0.258. The molecular weight excluding hydrogens is 278 g/mol. The highest BCUT2D eigenvalue weighted by molar-refractivity contribution is 5.29. The summed E-state index contributed by atoms with van der Waals surface area (Å²) in [6.45, 7) is 4.77. The predicted molar refractivity (Wildman–Crippen MR) is 85.7 cm³/mol. The average Bonchev–Trinajstić information content (AvgIpc) is 2.97. The molecule has 1 saturated heterocycles. The second-order valence-corrected chi connectivity index (χ2v) is 6.76. The third kappa shape index (κ3) is 3.45.